The van der Waals surface area contributed by atoms with Crippen molar-refractivity contribution in [1.29, 1.82) is 5.26 Å². The predicted molar refractivity (Wildman–Crippen MR) is 112 cm³/mol. The summed E-state index contributed by atoms with van der Waals surface area (Å²) in [5.74, 6) is 2.20. The zero-order valence-corrected chi connectivity index (χ0v) is 18.1. The van der Waals surface area contributed by atoms with E-state index in [4.69, 9.17) is 9.47 Å². The molecule has 1 heterocycles. The highest BCUT2D eigenvalue weighted by atomic mass is 16.5. The van der Waals surface area contributed by atoms with Gasteiger partial charge in [0.25, 0.3) is 0 Å². The molecule has 0 spiro atoms. The van der Waals surface area contributed by atoms with Gasteiger partial charge in [-0.3, -0.25) is 9.69 Å². The molecule has 1 aromatic carbocycles. The standard InChI is InChI=1S/C23H33N3O3/c1-17-9-11-23(16-24,12-10-17)25(2)22(27)15-26-13-5-6-20(26)19-8-7-18(28-3)14-21(19)29-4/h7-8,14,17,20H,5-6,9-13,15H2,1-4H3/t17?,20-,23?/m1/s1. The molecule has 1 atom stereocenters. The number of carbonyl (C=O) groups excluding carboxylic acids is 1. The Kier molecular flexibility index (Phi) is 6.69. The number of benzene rings is 1. The molecule has 2 fully saturated rings. The Balaban J connectivity index is 1.74. The molecule has 1 aliphatic carbocycles. The Bertz CT molecular complexity index is 765. The number of likely N-dealkylation sites (N-methyl/N-ethyl adjacent to an activating group) is 1. The summed E-state index contributed by atoms with van der Waals surface area (Å²) in [6.07, 6.45) is 5.56. The van der Waals surface area contributed by atoms with Gasteiger partial charge in [0, 0.05) is 24.7 Å². The van der Waals surface area contributed by atoms with Crippen molar-refractivity contribution >= 4 is 5.91 Å². The molecular formula is C23H33N3O3. The number of nitriles is 1. The van der Waals surface area contributed by atoms with Gasteiger partial charge in [0.2, 0.25) is 5.91 Å². The van der Waals surface area contributed by atoms with Crippen LogP contribution in [0.5, 0.6) is 11.5 Å². The molecule has 6 heteroatoms. The van der Waals surface area contributed by atoms with Gasteiger partial charge in [-0.05, 0) is 57.1 Å². The van der Waals surface area contributed by atoms with Crippen LogP contribution in [0, 0.1) is 17.2 Å². The Morgan fingerprint density at radius 1 is 1.28 bits per heavy atom. The number of methoxy groups -OCH3 is 2. The van der Waals surface area contributed by atoms with E-state index in [1.807, 2.05) is 18.2 Å². The fourth-order valence-corrected chi connectivity index (χ4v) is 4.74. The lowest BCUT2D eigenvalue weighted by Gasteiger charge is -2.41. The highest BCUT2D eigenvalue weighted by Crippen LogP contribution is 2.39. The van der Waals surface area contributed by atoms with Crippen LogP contribution in [-0.4, -0.2) is 55.6 Å². The minimum atomic E-state index is -0.656. The monoisotopic (exact) mass is 399 g/mol. The van der Waals surface area contributed by atoms with E-state index in [0.29, 0.717) is 12.5 Å². The van der Waals surface area contributed by atoms with Crippen molar-refractivity contribution < 1.29 is 14.3 Å². The van der Waals surface area contributed by atoms with Crippen molar-refractivity contribution in [1.82, 2.24) is 9.80 Å². The second kappa shape index (κ2) is 9.04. The van der Waals surface area contributed by atoms with Crippen LogP contribution in [0.3, 0.4) is 0 Å². The molecule has 0 bridgehead atoms. The lowest BCUT2D eigenvalue weighted by Crippen LogP contribution is -2.53. The lowest BCUT2D eigenvalue weighted by molar-refractivity contribution is -0.136. The molecular weight excluding hydrogens is 366 g/mol. The van der Waals surface area contributed by atoms with Gasteiger partial charge in [-0.25, -0.2) is 0 Å². The SMILES string of the molecule is COc1ccc([C@H]2CCCN2CC(=O)N(C)C2(C#N)CCC(C)CC2)c(OC)c1. The predicted octanol–water partition coefficient (Wildman–Crippen LogP) is 3.77. The molecule has 6 nitrogen and oxygen atoms in total. The van der Waals surface area contributed by atoms with Crippen molar-refractivity contribution in [2.45, 2.75) is 57.0 Å². The minimum absolute atomic E-state index is 0.0282. The summed E-state index contributed by atoms with van der Waals surface area (Å²) in [6, 6.07) is 8.48. The van der Waals surface area contributed by atoms with Crippen molar-refractivity contribution in [3.63, 3.8) is 0 Å². The summed E-state index contributed by atoms with van der Waals surface area (Å²) < 4.78 is 10.9. The van der Waals surface area contributed by atoms with E-state index in [1.165, 1.54) is 0 Å². The molecule has 1 amide bonds. The van der Waals surface area contributed by atoms with Gasteiger partial charge in [-0.1, -0.05) is 13.0 Å². The van der Waals surface area contributed by atoms with Crippen molar-refractivity contribution in [3.8, 4) is 17.6 Å². The quantitative estimate of drug-likeness (QED) is 0.728. The molecule has 1 aromatic rings. The average molecular weight is 400 g/mol. The third kappa shape index (κ3) is 4.35. The van der Waals surface area contributed by atoms with E-state index in [9.17, 15) is 10.1 Å². The van der Waals surface area contributed by atoms with Crippen molar-refractivity contribution in [2.75, 3.05) is 34.4 Å². The summed E-state index contributed by atoms with van der Waals surface area (Å²) in [5.41, 5.74) is 0.430. The average Bonchev–Trinajstić information content (AvgIpc) is 3.21. The van der Waals surface area contributed by atoms with Crippen molar-refractivity contribution in [3.05, 3.63) is 23.8 Å². The first-order valence-electron chi connectivity index (χ1n) is 10.6. The van der Waals surface area contributed by atoms with Crippen LogP contribution < -0.4 is 9.47 Å². The number of amides is 1. The topological polar surface area (TPSA) is 65.8 Å². The Labute approximate surface area is 174 Å². The molecule has 1 aliphatic heterocycles. The van der Waals surface area contributed by atoms with Crippen LogP contribution in [-0.2, 0) is 4.79 Å². The second-order valence-corrected chi connectivity index (χ2v) is 8.52. The second-order valence-electron chi connectivity index (χ2n) is 8.52. The van der Waals surface area contributed by atoms with Gasteiger partial charge in [0.05, 0.1) is 26.8 Å². The van der Waals surface area contributed by atoms with E-state index >= 15 is 0 Å². The van der Waals surface area contributed by atoms with Gasteiger partial charge >= 0.3 is 0 Å². The lowest BCUT2D eigenvalue weighted by atomic mass is 9.77. The number of nitrogens with zero attached hydrogens (tertiary/aromatic N) is 3. The van der Waals surface area contributed by atoms with E-state index in [-0.39, 0.29) is 11.9 Å². The molecule has 158 valence electrons. The molecule has 0 N–H and O–H groups in total. The fourth-order valence-electron chi connectivity index (χ4n) is 4.74. The largest absolute Gasteiger partial charge is 0.497 e. The van der Waals surface area contributed by atoms with Crippen LogP contribution in [0.1, 0.15) is 57.1 Å². The van der Waals surface area contributed by atoms with E-state index in [0.717, 1.165) is 62.1 Å². The first kappa shape index (κ1) is 21.4. The summed E-state index contributed by atoms with van der Waals surface area (Å²) in [7, 11) is 5.11. The Morgan fingerprint density at radius 3 is 2.62 bits per heavy atom. The number of carbonyl (C=O) groups is 1. The molecule has 1 saturated carbocycles. The number of likely N-dealkylation sites (tertiary alicyclic amines) is 1. The van der Waals surface area contributed by atoms with E-state index in [2.05, 4.69) is 17.9 Å². The maximum absolute atomic E-state index is 13.2. The van der Waals surface area contributed by atoms with Gasteiger partial charge in [-0.2, -0.15) is 5.26 Å². The third-order valence-electron chi connectivity index (χ3n) is 6.83. The number of hydrogen-bond donors (Lipinski definition) is 0. The molecule has 0 aromatic heterocycles. The van der Waals surface area contributed by atoms with Crippen LogP contribution in [0.15, 0.2) is 18.2 Å². The first-order valence-corrected chi connectivity index (χ1v) is 10.6. The Morgan fingerprint density at radius 2 is 2.00 bits per heavy atom. The third-order valence-corrected chi connectivity index (χ3v) is 6.83. The summed E-state index contributed by atoms with van der Waals surface area (Å²) in [4.78, 5) is 17.1. The number of ether oxygens (including phenoxy) is 2. The van der Waals surface area contributed by atoms with E-state index < -0.39 is 5.54 Å². The molecule has 1 saturated heterocycles. The van der Waals surface area contributed by atoms with Gasteiger partial charge in [0.15, 0.2) is 0 Å². The highest BCUT2D eigenvalue weighted by molar-refractivity contribution is 5.79. The summed E-state index contributed by atoms with van der Waals surface area (Å²) in [5, 5.41) is 9.87. The number of rotatable bonds is 6. The van der Waals surface area contributed by atoms with Crippen LogP contribution in [0.25, 0.3) is 0 Å². The van der Waals surface area contributed by atoms with Crippen LogP contribution in [0.2, 0.25) is 0 Å². The highest BCUT2D eigenvalue weighted by Gasteiger charge is 2.41. The zero-order chi connectivity index (χ0) is 21.0. The summed E-state index contributed by atoms with van der Waals surface area (Å²) in [6.45, 7) is 3.42. The molecule has 3 rings (SSSR count). The molecule has 29 heavy (non-hydrogen) atoms. The normalized spacial score (nSPS) is 27.3. The van der Waals surface area contributed by atoms with Crippen molar-refractivity contribution in [2.24, 2.45) is 5.92 Å². The summed E-state index contributed by atoms with van der Waals surface area (Å²) >= 11 is 0. The smallest absolute Gasteiger partial charge is 0.237 e. The van der Waals surface area contributed by atoms with Gasteiger partial charge in [-0.15, -0.1) is 0 Å². The number of hydrogen-bond acceptors (Lipinski definition) is 5. The first-order chi connectivity index (χ1) is 13.9. The molecule has 2 aliphatic rings. The van der Waals surface area contributed by atoms with Gasteiger partial charge in [0.1, 0.15) is 17.0 Å². The fraction of sp³-hybridized carbons (Fsp3) is 0.652. The minimum Gasteiger partial charge on any atom is -0.497 e. The maximum Gasteiger partial charge on any atom is 0.237 e. The van der Waals surface area contributed by atoms with Gasteiger partial charge < -0.3 is 14.4 Å². The van der Waals surface area contributed by atoms with Crippen LogP contribution in [0.4, 0.5) is 0 Å². The molecule has 0 radical (unpaired) electrons. The zero-order valence-electron chi connectivity index (χ0n) is 18.1. The molecule has 0 unspecified atom stereocenters. The Hall–Kier alpha value is -2.26. The van der Waals surface area contributed by atoms with Crippen LogP contribution >= 0.6 is 0 Å². The maximum atomic E-state index is 13.2. The van der Waals surface area contributed by atoms with E-state index in [1.54, 1.807) is 26.2 Å².